The maximum atomic E-state index is 13.1. The lowest BCUT2D eigenvalue weighted by molar-refractivity contribution is -0.131. The zero-order valence-corrected chi connectivity index (χ0v) is 16.4. The van der Waals surface area contributed by atoms with Gasteiger partial charge in [-0.15, -0.1) is 0 Å². The molecule has 150 valence electrons. The molecule has 1 fully saturated rings. The minimum atomic E-state index is -1.16. The monoisotopic (exact) mass is 393 g/mol. The lowest BCUT2D eigenvalue weighted by Gasteiger charge is -2.25. The van der Waals surface area contributed by atoms with E-state index in [1.165, 1.54) is 0 Å². The van der Waals surface area contributed by atoms with E-state index < -0.39 is 17.5 Å². The summed E-state index contributed by atoms with van der Waals surface area (Å²) < 4.78 is 0. The van der Waals surface area contributed by atoms with Gasteiger partial charge in [0.05, 0.1) is 6.54 Å². The number of amides is 4. The number of nitrogens with one attached hydrogen (secondary N) is 2. The first-order valence-electron chi connectivity index (χ1n) is 9.54. The summed E-state index contributed by atoms with van der Waals surface area (Å²) in [6.07, 6.45) is 0.728. The molecule has 0 bridgehead atoms. The van der Waals surface area contributed by atoms with E-state index in [1.807, 2.05) is 13.0 Å². The topological polar surface area (TPSA) is 95.6 Å². The van der Waals surface area contributed by atoms with Gasteiger partial charge < -0.3 is 10.6 Å². The fourth-order valence-electron chi connectivity index (χ4n) is 3.36. The summed E-state index contributed by atoms with van der Waals surface area (Å²) in [6, 6.07) is 14.8. The second-order valence-electron chi connectivity index (χ2n) is 6.85. The van der Waals surface area contributed by atoms with Crippen LogP contribution in [0.2, 0.25) is 0 Å². The molecule has 0 saturated carbocycles. The van der Waals surface area contributed by atoms with Crippen LogP contribution >= 0.6 is 0 Å². The van der Waals surface area contributed by atoms with Crippen LogP contribution < -0.4 is 10.6 Å². The molecule has 2 aromatic rings. The molecule has 1 aliphatic heterocycles. The van der Waals surface area contributed by atoms with Crippen LogP contribution in [0.15, 0.2) is 54.6 Å². The average Bonchev–Trinajstić information content (AvgIpc) is 2.99. The van der Waals surface area contributed by atoms with Gasteiger partial charge in [0.15, 0.2) is 5.78 Å². The van der Waals surface area contributed by atoms with Crippen molar-refractivity contribution in [2.45, 2.75) is 32.2 Å². The number of carbonyl (C=O) groups is 4. The quantitative estimate of drug-likeness (QED) is 0.558. The van der Waals surface area contributed by atoms with Crippen molar-refractivity contribution in [1.29, 1.82) is 0 Å². The van der Waals surface area contributed by atoms with E-state index in [1.54, 1.807) is 55.5 Å². The van der Waals surface area contributed by atoms with Gasteiger partial charge in [0.25, 0.3) is 5.91 Å². The van der Waals surface area contributed by atoms with Gasteiger partial charge in [0.2, 0.25) is 5.91 Å². The van der Waals surface area contributed by atoms with Crippen LogP contribution in [0, 0.1) is 0 Å². The summed E-state index contributed by atoms with van der Waals surface area (Å²) in [5.74, 6) is -0.918. The fourth-order valence-corrected chi connectivity index (χ4v) is 3.36. The fraction of sp³-hybridized carbons (Fsp3) is 0.273. The van der Waals surface area contributed by atoms with Gasteiger partial charge in [-0.25, -0.2) is 4.79 Å². The molecular weight excluding hydrogens is 370 g/mol. The highest BCUT2D eigenvalue weighted by Crippen LogP contribution is 2.32. The van der Waals surface area contributed by atoms with Crippen LogP contribution in [0.5, 0.6) is 0 Å². The number of anilines is 1. The largest absolute Gasteiger partial charge is 0.326 e. The number of rotatable bonds is 7. The Bertz CT molecular complexity index is 940. The van der Waals surface area contributed by atoms with Gasteiger partial charge in [-0.05, 0) is 36.2 Å². The Morgan fingerprint density at radius 1 is 1.00 bits per heavy atom. The van der Waals surface area contributed by atoms with Crippen LogP contribution in [-0.2, 0) is 15.1 Å². The normalized spacial score (nSPS) is 18.5. The highest BCUT2D eigenvalue weighted by atomic mass is 16.2. The molecule has 0 radical (unpaired) electrons. The van der Waals surface area contributed by atoms with Crippen molar-refractivity contribution in [3.8, 4) is 0 Å². The maximum absolute atomic E-state index is 13.1. The lowest BCUT2D eigenvalue weighted by atomic mass is 9.87. The molecule has 0 aliphatic carbocycles. The molecule has 4 amide bonds. The number of hydrogen-bond acceptors (Lipinski definition) is 4. The number of benzene rings is 2. The Morgan fingerprint density at radius 2 is 1.66 bits per heavy atom. The zero-order chi connectivity index (χ0) is 21.0. The van der Waals surface area contributed by atoms with Crippen LogP contribution in [0.3, 0.4) is 0 Å². The molecule has 1 atom stereocenters. The van der Waals surface area contributed by atoms with E-state index in [2.05, 4.69) is 10.6 Å². The Balaban J connectivity index is 1.76. The number of ketones is 1. The summed E-state index contributed by atoms with van der Waals surface area (Å²) in [7, 11) is 0. The van der Waals surface area contributed by atoms with Gasteiger partial charge in [-0.1, -0.05) is 44.2 Å². The molecule has 3 rings (SSSR count). The minimum Gasteiger partial charge on any atom is -0.326 e. The maximum Gasteiger partial charge on any atom is 0.325 e. The van der Waals surface area contributed by atoms with E-state index in [0.29, 0.717) is 29.7 Å². The molecular formula is C22H23N3O4. The summed E-state index contributed by atoms with van der Waals surface area (Å²) in [4.78, 5) is 50.7. The van der Waals surface area contributed by atoms with Crippen LogP contribution in [0.4, 0.5) is 10.5 Å². The van der Waals surface area contributed by atoms with Gasteiger partial charge in [-0.3, -0.25) is 19.3 Å². The van der Waals surface area contributed by atoms with E-state index >= 15 is 0 Å². The first-order chi connectivity index (χ1) is 13.9. The molecule has 1 saturated heterocycles. The first kappa shape index (κ1) is 20.3. The number of carbonyl (C=O) groups excluding carboxylic acids is 4. The molecule has 0 aromatic heterocycles. The van der Waals surface area contributed by atoms with Crippen molar-refractivity contribution in [2.75, 3.05) is 11.9 Å². The highest BCUT2D eigenvalue weighted by Gasteiger charge is 2.51. The Hall–Kier alpha value is -3.48. The SMILES string of the molecule is CCC(=O)Nc1ccc(C(=O)CN2C(=O)NC(CC)(c3ccccc3)C2=O)cc1. The molecule has 7 nitrogen and oxygen atoms in total. The van der Waals surface area contributed by atoms with Crippen LogP contribution in [0.25, 0.3) is 0 Å². The third-order valence-corrected chi connectivity index (χ3v) is 5.09. The van der Waals surface area contributed by atoms with Crippen molar-refractivity contribution in [3.05, 3.63) is 65.7 Å². The van der Waals surface area contributed by atoms with Crippen molar-refractivity contribution in [2.24, 2.45) is 0 Å². The molecule has 0 spiro atoms. The van der Waals surface area contributed by atoms with Gasteiger partial charge in [0, 0.05) is 17.7 Å². The number of urea groups is 1. The minimum absolute atomic E-state index is 0.125. The lowest BCUT2D eigenvalue weighted by Crippen LogP contribution is -2.43. The molecule has 7 heteroatoms. The predicted molar refractivity (Wildman–Crippen MR) is 108 cm³/mol. The summed E-state index contributed by atoms with van der Waals surface area (Å²) in [6.45, 7) is 3.22. The number of Topliss-reactive ketones (excluding diaryl/α,β-unsaturated/α-hetero) is 1. The standard InChI is InChI=1S/C22H23N3O4/c1-3-19(27)23-17-12-10-15(11-13-17)18(26)14-25-20(28)22(4-2,24-21(25)29)16-8-6-5-7-9-16/h5-13H,3-4,14H2,1-2H3,(H,23,27)(H,24,29). The zero-order valence-electron chi connectivity index (χ0n) is 16.4. The Kier molecular flexibility index (Phi) is 5.77. The second-order valence-corrected chi connectivity index (χ2v) is 6.85. The Labute approximate surface area is 169 Å². The number of nitrogens with zero attached hydrogens (tertiary/aromatic N) is 1. The predicted octanol–water partition coefficient (Wildman–Crippen LogP) is 3.08. The molecule has 2 N–H and O–H groups in total. The molecule has 1 heterocycles. The van der Waals surface area contributed by atoms with Crippen molar-refractivity contribution >= 4 is 29.3 Å². The molecule has 1 aliphatic rings. The number of hydrogen-bond donors (Lipinski definition) is 2. The van der Waals surface area contributed by atoms with Crippen molar-refractivity contribution in [3.63, 3.8) is 0 Å². The van der Waals surface area contributed by atoms with Gasteiger partial charge >= 0.3 is 6.03 Å². The first-order valence-corrected chi connectivity index (χ1v) is 9.54. The van der Waals surface area contributed by atoms with Crippen LogP contribution in [0.1, 0.15) is 42.6 Å². The highest BCUT2D eigenvalue weighted by molar-refractivity contribution is 6.11. The van der Waals surface area contributed by atoms with E-state index in [0.717, 1.165) is 4.90 Å². The van der Waals surface area contributed by atoms with Gasteiger partial charge in [-0.2, -0.15) is 0 Å². The molecule has 2 aromatic carbocycles. The van der Waals surface area contributed by atoms with E-state index in [4.69, 9.17) is 0 Å². The molecule has 1 unspecified atom stereocenters. The van der Waals surface area contributed by atoms with Gasteiger partial charge in [0.1, 0.15) is 5.54 Å². The average molecular weight is 393 g/mol. The third kappa shape index (κ3) is 3.89. The summed E-state index contributed by atoms with van der Waals surface area (Å²) in [5.41, 5.74) is 0.463. The summed E-state index contributed by atoms with van der Waals surface area (Å²) in [5, 5.41) is 5.47. The number of imide groups is 1. The second kappa shape index (κ2) is 8.26. The third-order valence-electron chi connectivity index (χ3n) is 5.09. The van der Waals surface area contributed by atoms with Crippen molar-refractivity contribution < 1.29 is 19.2 Å². The smallest absolute Gasteiger partial charge is 0.325 e. The molecule has 29 heavy (non-hydrogen) atoms. The van der Waals surface area contributed by atoms with E-state index in [-0.39, 0.29) is 18.2 Å². The Morgan fingerprint density at radius 3 is 2.24 bits per heavy atom. The van der Waals surface area contributed by atoms with Crippen molar-refractivity contribution in [1.82, 2.24) is 10.2 Å². The van der Waals surface area contributed by atoms with Crippen LogP contribution in [-0.4, -0.2) is 35.1 Å². The summed E-state index contributed by atoms with van der Waals surface area (Å²) >= 11 is 0. The van der Waals surface area contributed by atoms with E-state index in [9.17, 15) is 19.2 Å².